The lowest BCUT2D eigenvalue weighted by molar-refractivity contribution is 0.102. The largest absolute Gasteiger partial charge is 0.497 e. The van der Waals surface area contributed by atoms with Gasteiger partial charge in [-0.15, -0.1) is 0 Å². The normalized spacial score (nSPS) is 11.1. The topological polar surface area (TPSA) is 60.4 Å². The van der Waals surface area contributed by atoms with Crippen LogP contribution >= 0.6 is 15.9 Å². The Labute approximate surface area is 131 Å². The molecular formula is C15H13BrO4S. The van der Waals surface area contributed by atoms with E-state index < -0.39 is 21.4 Å². The quantitative estimate of drug-likeness (QED) is 0.760. The summed E-state index contributed by atoms with van der Waals surface area (Å²) in [5.74, 6) is -0.435. The minimum atomic E-state index is -3.67. The molecule has 0 bridgehead atoms. The van der Waals surface area contributed by atoms with Crippen molar-refractivity contribution in [1.82, 2.24) is 0 Å². The molecular weight excluding hydrogens is 356 g/mol. The van der Waals surface area contributed by atoms with Crippen molar-refractivity contribution in [3.63, 3.8) is 0 Å². The number of hydrogen-bond donors (Lipinski definition) is 0. The van der Waals surface area contributed by atoms with E-state index in [2.05, 4.69) is 15.9 Å². The first kappa shape index (κ1) is 15.7. The number of rotatable bonds is 5. The zero-order valence-electron chi connectivity index (χ0n) is 11.2. The first-order valence-corrected chi connectivity index (χ1v) is 8.52. The summed E-state index contributed by atoms with van der Waals surface area (Å²) in [5, 5.41) is 0. The van der Waals surface area contributed by atoms with Crippen LogP contribution < -0.4 is 4.74 Å². The van der Waals surface area contributed by atoms with E-state index >= 15 is 0 Å². The van der Waals surface area contributed by atoms with Crippen molar-refractivity contribution in [1.29, 1.82) is 0 Å². The Balaban J connectivity index is 2.22. The predicted molar refractivity (Wildman–Crippen MR) is 83.5 cm³/mol. The molecule has 0 saturated heterocycles. The van der Waals surface area contributed by atoms with Gasteiger partial charge in [-0.2, -0.15) is 0 Å². The van der Waals surface area contributed by atoms with Gasteiger partial charge >= 0.3 is 0 Å². The molecule has 4 nitrogen and oxygen atoms in total. The van der Waals surface area contributed by atoms with Gasteiger partial charge in [0.15, 0.2) is 15.6 Å². The lowest BCUT2D eigenvalue weighted by Crippen LogP contribution is -2.16. The van der Waals surface area contributed by atoms with E-state index in [0.717, 1.165) is 4.47 Å². The lowest BCUT2D eigenvalue weighted by atomic mass is 10.2. The number of Topliss-reactive ketones (excluding diaryl/α,β-unsaturated/α-hetero) is 1. The molecule has 6 heteroatoms. The van der Waals surface area contributed by atoms with Crippen molar-refractivity contribution in [2.45, 2.75) is 4.90 Å². The highest BCUT2D eigenvalue weighted by atomic mass is 79.9. The number of hydrogen-bond acceptors (Lipinski definition) is 4. The van der Waals surface area contributed by atoms with E-state index in [4.69, 9.17) is 4.74 Å². The minimum absolute atomic E-state index is 0.103. The van der Waals surface area contributed by atoms with Gasteiger partial charge in [0.2, 0.25) is 0 Å². The van der Waals surface area contributed by atoms with Gasteiger partial charge in [0.25, 0.3) is 0 Å². The molecule has 110 valence electrons. The standard InChI is InChI=1S/C15H13BrO4S/c1-20-13-5-7-14(8-6-13)21(18,19)10-15(17)11-3-2-4-12(16)9-11/h2-9H,10H2,1H3. The molecule has 0 unspecified atom stereocenters. The molecule has 0 atom stereocenters. The number of methoxy groups -OCH3 is 1. The number of sulfone groups is 1. The second kappa shape index (κ2) is 6.41. The Bertz CT molecular complexity index is 751. The summed E-state index contributed by atoms with van der Waals surface area (Å²) in [5.41, 5.74) is 0.362. The Morgan fingerprint density at radius 2 is 1.81 bits per heavy atom. The van der Waals surface area contributed by atoms with Crippen LogP contribution in [0.1, 0.15) is 10.4 Å². The molecule has 0 heterocycles. The summed E-state index contributed by atoms with van der Waals surface area (Å²) < 4.78 is 30.2. The number of carbonyl (C=O) groups excluding carboxylic acids is 1. The number of ketones is 1. The molecule has 0 aliphatic rings. The fourth-order valence-corrected chi connectivity index (χ4v) is 3.41. The molecule has 2 aromatic carbocycles. The first-order valence-electron chi connectivity index (χ1n) is 6.08. The second-order valence-corrected chi connectivity index (χ2v) is 7.27. The lowest BCUT2D eigenvalue weighted by Gasteiger charge is -2.06. The zero-order chi connectivity index (χ0) is 15.5. The molecule has 0 N–H and O–H groups in total. The minimum Gasteiger partial charge on any atom is -0.497 e. The summed E-state index contributed by atoms with van der Waals surface area (Å²) in [6.07, 6.45) is 0. The molecule has 0 aromatic heterocycles. The van der Waals surface area contributed by atoms with E-state index in [9.17, 15) is 13.2 Å². The van der Waals surface area contributed by atoms with E-state index in [1.54, 1.807) is 36.4 Å². The van der Waals surface area contributed by atoms with Crippen molar-refractivity contribution in [2.24, 2.45) is 0 Å². The molecule has 0 aliphatic carbocycles. The average Bonchev–Trinajstić information content (AvgIpc) is 2.47. The maximum absolute atomic E-state index is 12.2. The highest BCUT2D eigenvalue weighted by Crippen LogP contribution is 2.18. The number of halogens is 1. The third-order valence-electron chi connectivity index (χ3n) is 2.89. The Kier molecular flexibility index (Phi) is 4.80. The summed E-state index contributed by atoms with van der Waals surface area (Å²) >= 11 is 3.26. The number of benzene rings is 2. The van der Waals surface area contributed by atoms with Crippen LogP contribution in [0.4, 0.5) is 0 Å². The third-order valence-corrected chi connectivity index (χ3v) is 5.01. The van der Waals surface area contributed by atoms with E-state index in [0.29, 0.717) is 11.3 Å². The fraction of sp³-hybridized carbons (Fsp3) is 0.133. The van der Waals surface area contributed by atoms with Crippen LogP contribution in [-0.2, 0) is 9.84 Å². The third kappa shape index (κ3) is 3.92. The Hall–Kier alpha value is -1.66. The second-order valence-electron chi connectivity index (χ2n) is 4.37. The van der Waals surface area contributed by atoms with Gasteiger partial charge in [-0.05, 0) is 36.4 Å². The van der Waals surface area contributed by atoms with Crippen LogP contribution in [-0.4, -0.2) is 27.1 Å². The van der Waals surface area contributed by atoms with E-state index in [1.807, 2.05) is 0 Å². The maximum atomic E-state index is 12.2. The van der Waals surface area contributed by atoms with Crippen LogP contribution in [0.2, 0.25) is 0 Å². The van der Waals surface area contributed by atoms with Gasteiger partial charge in [0.05, 0.1) is 12.0 Å². The highest BCUT2D eigenvalue weighted by molar-refractivity contribution is 9.10. The van der Waals surface area contributed by atoms with Gasteiger partial charge in [-0.25, -0.2) is 8.42 Å². The Morgan fingerprint density at radius 3 is 2.38 bits per heavy atom. The van der Waals surface area contributed by atoms with Crippen LogP contribution in [0.3, 0.4) is 0 Å². The smallest absolute Gasteiger partial charge is 0.185 e. The molecule has 0 saturated carbocycles. The van der Waals surface area contributed by atoms with Crippen molar-refractivity contribution < 1.29 is 17.9 Å². The van der Waals surface area contributed by atoms with Crippen molar-refractivity contribution in [2.75, 3.05) is 12.9 Å². The fourth-order valence-electron chi connectivity index (χ4n) is 1.78. The zero-order valence-corrected chi connectivity index (χ0v) is 13.6. The Morgan fingerprint density at radius 1 is 1.14 bits per heavy atom. The molecule has 2 rings (SSSR count). The highest BCUT2D eigenvalue weighted by Gasteiger charge is 2.20. The van der Waals surface area contributed by atoms with Crippen molar-refractivity contribution in [3.05, 3.63) is 58.6 Å². The van der Waals surface area contributed by atoms with Gasteiger partial charge in [-0.1, -0.05) is 28.1 Å². The predicted octanol–water partition coefficient (Wildman–Crippen LogP) is 3.11. The van der Waals surface area contributed by atoms with E-state index in [1.165, 1.54) is 19.2 Å². The molecule has 0 amide bonds. The van der Waals surface area contributed by atoms with Gasteiger partial charge in [0, 0.05) is 10.0 Å². The summed E-state index contributed by atoms with van der Waals surface area (Å²) in [6, 6.07) is 12.6. The van der Waals surface area contributed by atoms with Crippen LogP contribution in [0, 0.1) is 0 Å². The molecule has 0 spiro atoms. The average molecular weight is 369 g/mol. The molecule has 0 fully saturated rings. The molecule has 0 aliphatic heterocycles. The van der Waals surface area contributed by atoms with Crippen LogP contribution in [0.25, 0.3) is 0 Å². The maximum Gasteiger partial charge on any atom is 0.185 e. The summed E-state index contributed by atoms with van der Waals surface area (Å²) in [7, 11) is -2.17. The van der Waals surface area contributed by atoms with Gasteiger partial charge in [0.1, 0.15) is 11.5 Å². The number of carbonyl (C=O) groups is 1. The molecule has 0 radical (unpaired) electrons. The molecule has 2 aromatic rings. The summed E-state index contributed by atoms with van der Waals surface area (Å²) in [6.45, 7) is 0. The van der Waals surface area contributed by atoms with Gasteiger partial charge in [-0.3, -0.25) is 4.79 Å². The van der Waals surface area contributed by atoms with Crippen molar-refractivity contribution in [3.8, 4) is 5.75 Å². The van der Waals surface area contributed by atoms with Gasteiger partial charge < -0.3 is 4.74 Å². The monoisotopic (exact) mass is 368 g/mol. The number of ether oxygens (including phenoxy) is 1. The molecule has 21 heavy (non-hydrogen) atoms. The van der Waals surface area contributed by atoms with Crippen LogP contribution in [0.5, 0.6) is 5.75 Å². The SMILES string of the molecule is COc1ccc(S(=O)(=O)CC(=O)c2cccc(Br)c2)cc1. The van der Waals surface area contributed by atoms with Crippen LogP contribution in [0.15, 0.2) is 57.9 Å². The van der Waals surface area contributed by atoms with E-state index in [-0.39, 0.29) is 4.90 Å². The first-order chi connectivity index (χ1) is 9.92. The summed E-state index contributed by atoms with van der Waals surface area (Å²) in [4.78, 5) is 12.2. The van der Waals surface area contributed by atoms with Crippen molar-refractivity contribution >= 4 is 31.6 Å².